The maximum absolute atomic E-state index is 12.5. The van der Waals surface area contributed by atoms with Gasteiger partial charge in [0.05, 0.1) is 18.3 Å². The van der Waals surface area contributed by atoms with Gasteiger partial charge in [0.25, 0.3) is 0 Å². The van der Waals surface area contributed by atoms with Crippen molar-refractivity contribution in [2.24, 2.45) is 5.41 Å². The summed E-state index contributed by atoms with van der Waals surface area (Å²) < 4.78 is 5.60. The van der Waals surface area contributed by atoms with Gasteiger partial charge in [-0.3, -0.25) is 4.79 Å². The van der Waals surface area contributed by atoms with Crippen LogP contribution in [0, 0.1) is 16.7 Å². The number of ether oxygens (including phenoxy) is 1. The second kappa shape index (κ2) is 4.30. The zero-order chi connectivity index (χ0) is 12.5. The van der Waals surface area contributed by atoms with Crippen LogP contribution in [0.5, 0.6) is 0 Å². The maximum Gasteiger partial charge on any atom is 0.243 e. The van der Waals surface area contributed by atoms with E-state index in [1.54, 1.807) is 0 Å². The van der Waals surface area contributed by atoms with Crippen molar-refractivity contribution in [3.8, 4) is 6.07 Å². The van der Waals surface area contributed by atoms with Gasteiger partial charge in [0.1, 0.15) is 5.41 Å². The van der Waals surface area contributed by atoms with E-state index in [0.29, 0.717) is 19.7 Å². The molecule has 1 saturated heterocycles. The second-order valence-electron chi connectivity index (χ2n) is 5.74. The van der Waals surface area contributed by atoms with Gasteiger partial charge in [-0.25, -0.2) is 0 Å². The van der Waals surface area contributed by atoms with Crippen LogP contribution in [0.25, 0.3) is 0 Å². The Morgan fingerprint density at radius 2 is 2.00 bits per heavy atom. The minimum atomic E-state index is -0.743. The minimum Gasteiger partial charge on any atom is -0.372 e. The van der Waals surface area contributed by atoms with Crippen molar-refractivity contribution in [1.29, 1.82) is 5.26 Å². The quantitative estimate of drug-likeness (QED) is 0.696. The van der Waals surface area contributed by atoms with Crippen molar-refractivity contribution >= 4 is 5.91 Å². The second-order valence-corrected chi connectivity index (χ2v) is 5.74. The fourth-order valence-electron chi connectivity index (χ4n) is 2.84. The Morgan fingerprint density at radius 1 is 1.35 bits per heavy atom. The van der Waals surface area contributed by atoms with Gasteiger partial charge in [0.2, 0.25) is 5.91 Å². The highest BCUT2D eigenvalue weighted by atomic mass is 16.5. The molecule has 94 valence electrons. The third-order valence-electron chi connectivity index (χ3n) is 3.79. The molecule has 0 atom stereocenters. The van der Waals surface area contributed by atoms with Gasteiger partial charge >= 0.3 is 0 Å². The van der Waals surface area contributed by atoms with Crippen LogP contribution < -0.4 is 0 Å². The number of carbonyl (C=O) groups is 1. The summed E-state index contributed by atoms with van der Waals surface area (Å²) >= 11 is 0. The highest BCUT2D eigenvalue weighted by molar-refractivity contribution is 5.86. The van der Waals surface area contributed by atoms with Gasteiger partial charge in [-0.1, -0.05) is 12.8 Å². The average molecular weight is 236 g/mol. The number of amides is 1. The predicted molar refractivity (Wildman–Crippen MR) is 63.1 cm³/mol. The number of nitrogens with zero attached hydrogens (tertiary/aromatic N) is 2. The van der Waals surface area contributed by atoms with Crippen LogP contribution >= 0.6 is 0 Å². The summed E-state index contributed by atoms with van der Waals surface area (Å²) in [6.45, 7) is 5.75. The van der Waals surface area contributed by atoms with E-state index in [1.165, 1.54) is 0 Å². The van der Waals surface area contributed by atoms with Gasteiger partial charge < -0.3 is 9.64 Å². The Labute approximate surface area is 103 Å². The summed E-state index contributed by atoms with van der Waals surface area (Å²) in [5, 5.41) is 9.32. The minimum absolute atomic E-state index is 0.0221. The lowest BCUT2D eigenvalue weighted by molar-refractivity contribution is -0.153. The molecule has 4 nitrogen and oxygen atoms in total. The molecule has 1 aliphatic heterocycles. The maximum atomic E-state index is 12.5. The normalized spacial score (nSPS) is 26.5. The SMILES string of the molecule is CC1(C)CN(C(=O)C2(C#N)CCCC2)CCO1. The van der Waals surface area contributed by atoms with E-state index in [0.717, 1.165) is 25.7 Å². The third kappa shape index (κ3) is 2.30. The third-order valence-corrected chi connectivity index (χ3v) is 3.79. The molecular formula is C13H20N2O2. The molecule has 4 heteroatoms. The first kappa shape index (κ1) is 12.4. The molecule has 0 spiro atoms. The van der Waals surface area contributed by atoms with E-state index in [4.69, 9.17) is 4.74 Å². The Hall–Kier alpha value is -1.08. The Bertz CT molecular complexity index is 351. The molecule has 0 aromatic rings. The zero-order valence-corrected chi connectivity index (χ0v) is 10.7. The highest BCUT2D eigenvalue weighted by Crippen LogP contribution is 2.39. The molecular weight excluding hydrogens is 216 g/mol. The largest absolute Gasteiger partial charge is 0.372 e. The first-order valence-corrected chi connectivity index (χ1v) is 6.34. The molecule has 2 fully saturated rings. The van der Waals surface area contributed by atoms with E-state index in [-0.39, 0.29) is 11.5 Å². The monoisotopic (exact) mass is 236 g/mol. The Kier molecular flexibility index (Phi) is 3.13. The molecule has 2 rings (SSSR count). The van der Waals surface area contributed by atoms with Crippen LogP contribution in [0.4, 0.5) is 0 Å². The van der Waals surface area contributed by atoms with E-state index < -0.39 is 5.41 Å². The Balaban J connectivity index is 2.12. The molecule has 1 amide bonds. The molecule has 0 aromatic heterocycles. The molecule has 17 heavy (non-hydrogen) atoms. The molecule has 0 radical (unpaired) electrons. The highest BCUT2D eigenvalue weighted by Gasteiger charge is 2.45. The van der Waals surface area contributed by atoms with Crippen molar-refractivity contribution in [3.63, 3.8) is 0 Å². The average Bonchev–Trinajstić information content (AvgIpc) is 2.76. The van der Waals surface area contributed by atoms with Crippen molar-refractivity contribution < 1.29 is 9.53 Å². The molecule has 0 bridgehead atoms. The molecule has 1 heterocycles. The number of rotatable bonds is 1. The van der Waals surface area contributed by atoms with Gasteiger partial charge in [0, 0.05) is 13.1 Å². The summed E-state index contributed by atoms with van der Waals surface area (Å²) in [5.41, 5.74) is -1.03. The standard InChI is InChI=1S/C13H20N2O2/c1-12(2)10-15(7-8-17-12)11(16)13(9-14)5-3-4-6-13/h3-8,10H2,1-2H3. The van der Waals surface area contributed by atoms with Crippen molar-refractivity contribution in [2.45, 2.75) is 45.1 Å². The number of carbonyl (C=O) groups excluding carboxylic acids is 1. The number of hydrogen-bond donors (Lipinski definition) is 0. The van der Waals surface area contributed by atoms with Gasteiger partial charge in [-0.15, -0.1) is 0 Å². The Morgan fingerprint density at radius 3 is 2.53 bits per heavy atom. The summed E-state index contributed by atoms with van der Waals surface area (Å²) in [6.07, 6.45) is 3.43. The van der Waals surface area contributed by atoms with Crippen LogP contribution in [0.1, 0.15) is 39.5 Å². The molecule has 0 aromatic carbocycles. The first-order chi connectivity index (χ1) is 7.99. The smallest absolute Gasteiger partial charge is 0.243 e. The lowest BCUT2D eigenvalue weighted by atomic mass is 9.86. The molecule has 1 aliphatic carbocycles. The zero-order valence-electron chi connectivity index (χ0n) is 10.7. The van der Waals surface area contributed by atoms with Crippen LogP contribution in [-0.4, -0.2) is 36.1 Å². The summed E-state index contributed by atoms with van der Waals surface area (Å²) in [6, 6.07) is 2.27. The topological polar surface area (TPSA) is 53.3 Å². The van der Waals surface area contributed by atoms with E-state index >= 15 is 0 Å². The van der Waals surface area contributed by atoms with Crippen LogP contribution in [-0.2, 0) is 9.53 Å². The lowest BCUT2D eigenvalue weighted by Crippen LogP contribution is -2.54. The summed E-state index contributed by atoms with van der Waals surface area (Å²) in [7, 11) is 0. The van der Waals surface area contributed by atoms with Crippen LogP contribution in [0.15, 0.2) is 0 Å². The predicted octanol–water partition coefficient (Wildman–Crippen LogP) is 1.71. The summed E-state index contributed by atoms with van der Waals surface area (Å²) in [5.74, 6) is 0.0221. The van der Waals surface area contributed by atoms with Gasteiger partial charge in [-0.05, 0) is 26.7 Å². The van der Waals surface area contributed by atoms with E-state index in [2.05, 4.69) is 6.07 Å². The summed E-state index contributed by atoms with van der Waals surface area (Å²) in [4.78, 5) is 14.3. The van der Waals surface area contributed by atoms with Gasteiger partial charge in [-0.2, -0.15) is 5.26 Å². The van der Waals surface area contributed by atoms with Crippen LogP contribution in [0.2, 0.25) is 0 Å². The fraction of sp³-hybridized carbons (Fsp3) is 0.846. The lowest BCUT2D eigenvalue weighted by Gasteiger charge is -2.40. The number of hydrogen-bond acceptors (Lipinski definition) is 3. The molecule has 0 unspecified atom stereocenters. The van der Waals surface area contributed by atoms with Gasteiger partial charge in [0.15, 0.2) is 0 Å². The van der Waals surface area contributed by atoms with E-state index in [9.17, 15) is 10.1 Å². The van der Waals surface area contributed by atoms with Crippen molar-refractivity contribution in [3.05, 3.63) is 0 Å². The number of morpholine rings is 1. The van der Waals surface area contributed by atoms with Crippen LogP contribution in [0.3, 0.4) is 0 Å². The number of nitriles is 1. The molecule has 1 saturated carbocycles. The first-order valence-electron chi connectivity index (χ1n) is 6.34. The fourth-order valence-corrected chi connectivity index (χ4v) is 2.84. The molecule has 2 aliphatic rings. The van der Waals surface area contributed by atoms with Crippen molar-refractivity contribution in [1.82, 2.24) is 4.90 Å². The molecule has 0 N–H and O–H groups in total. The van der Waals surface area contributed by atoms with Crippen molar-refractivity contribution in [2.75, 3.05) is 19.7 Å². The van der Waals surface area contributed by atoms with E-state index in [1.807, 2.05) is 18.7 Å².